The maximum atomic E-state index is 12.1. The predicted molar refractivity (Wildman–Crippen MR) is 76.6 cm³/mol. The number of hydrogen-bond acceptors (Lipinski definition) is 3. The number of hydrogen-bond donors (Lipinski definition) is 2. The van der Waals surface area contributed by atoms with Crippen LogP contribution >= 0.6 is 0 Å². The Labute approximate surface area is 115 Å². The molecule has 1 fully saturated rings. The van der Waals surface area contributed by atoms with Gasteiger partial charge in [0.1, 0.15) is 6.04 Å². The summed E-state index contributed by atoms with van der Waals surface area (Å²) >= 11 is 0. The fourth-order valence-corrected chi connectivity index (χ4v) is 2.50. The highest BCUT2D eigenvalue weighted by atomic mass is 16.2. The van der Waals surface area contributed by atoms with Gasteiger partial charge in [0.15, 0.2) is 0 Å². The van der Waals surface area contributed by atoms with Crippen LogP contribution in [-0.2, 0) is 4.79 Å². The summed E-state index contributed by atoms with van der Waals surface area (Å²) in [5.41, 5.74) is 6.85. The number of carbonyl (C=O) groups excluding carboxylic acids is 1. The Hall–Kier alpha value is -1.39. The normalized spacial score (nSPS) is 19.1. The monoisotopic (exact) mass is 261 g/mol. The fraction of sp³-hybridized carbons (Fsp3) is 0.533. The minimum Gasteiger partial charge on any atom is -0.352 e. The van der Waals surface area contributed by atoms with Crippen LogP contribution in [0.15, 0.2) is 30.3 Å². The van der Waals surface area contributed by atoms with Gasteiger partial charge in [0.05, 0.1) is 0 Å². The second kappa shape index (κ2) is 6.68. The summed E-state index contributed by atoms with van der Waals surface area (Å²) < 4.78 is 0. The van der Waals surface area contributed by atoms with Crippen molar-refractivity contribution in [2.24, 2.45) is 5.73 Å². The van der Waals surface area contributed by atoms with E-state index in [1.54, 1.807) is 0 Å². The molecule has 1 aliphatic rings. The first-order chi connectivity index (χ1) is 9.20. The summed E-state index contributed by atoms with van der Waals surface area (Å²) in [4.78, 5) is 14.5. The third kappa shape index (κ3) is 3.78. The van der Waals surface area contributed by atoms with Gasteiger partial charge in [0.25, 0.3) is 0 Å². The van der Waals surface area contributed by atoms with E-state index >= 15 is 0 Å². The minimum absolute atomic E-state index is 0.0684. The Morgan fingerprint density at radius 3 is 2.58 bits per heavy atom. The molecular formula is C15H23N3O. The lowest BCUT2D eigenvalue weighted by Gasteiger charge is -2.32. The lowest BCUT2D eigenvalue weighted by molar-refractivity contribution is -0.123. The molecule has 0 aliphatic carbocycles. The number of amides is 1. The smallest absolute Gasteiger partial charge is 0.241 e. The predicted octanol–water partition coefficient (Wildman–Crippen LogP) is 1.29. The topological polar surface area (TPSA) is 58.4 Å². The summed E-state index contributed by atoms with van der Waals surface area (Å²) in [6, 6.07) is 9.22. The quantitative estimate of drug-likeness (QED) is 0.858. The van der Waals surface area contributed by atoms with Crippen LogP contribution in [0.25, 0.3) is 0 Å². The molecule has 0 aromatic heterocycles. The van der Waals surface area contributed by atoms with Gasteiger partial charge in [0.2, 0.25) is 5.91 Å². The molecule has 1 aromatic carbocycles. The Balaban J connectivity index is 1.85. The van der Waals surface area contributed by atoms with E-state index < -0.39 is 6.04 Å². The summed E-state index contributed by atoms with van der Waals surface area (Å²) in [6.45, 7) is 5.37. The van der Waals surface area contributed by atoms with Gasteiger partial charge in [-0.2, -0.15) is 0 Å². The lowest BCUT2D eigenvalue weighted by atomic mass is 10.0. The van der Waals surface area contributed by atoms with E-state index in [0.717, 1.165) is 38.0 Å². The van der Waals surface area contributed by atoms with Crippen molar-refractivity contribution in [3.8, 4) is 0 Å². The van der Waals surface area contributed by atoms with Gasteiger partial charge in [-0.25, -0.2) is 0 Å². The molecule has 4 heteroatoms. The van der Waals surface area contributed by atoms with Crippen LogP contribution in [0.1, 0.15) is 31.4 Å². The van der Waals surface area contributed by atoms with E-state index in [-0.39, 0.29) is 11.9 Å². The second-order valence-corrected chi connectivity index (χ2v) is 5.11. The number of nitrogens with two attached hydrogens (primary N) is 1. The number of piperidine rings is 1. The highest BCUT2D eigenvalue weighted by Gasteiger charge is 2.22. The highest BCUT2D eigenvalue weighted by molar-refractivity contribution is 5.83. The summed E-state index contributed by atoms with van der Waals surface area (Å²) in [6.07, 6.45) is 2.03. The van der Waals surface area contributed by atoms with Crippen LogP contribution < -0.4 is 11.1 Å². The van der Waals surface area contributed by atoms with Crippen molar-refractivity contribution in [3.63, 3.8) is 0 Å². The Kier molecular flexibility index (Phi) is 4.93. The molecule has 4 nitrogen and oxygen atoms in total. The van der Waals surface area contributed by atoms with Gasteiger partial charge in [-0.1, -0.05) is 37.3 Å². The third-order valence-corrected chi connectivity index (χ3v) is 3.82. The van der Waals surface area contributed by atoms with Crippen molar-refractivity contribution < 1.29 is 4.79 Å². The number of rotatable bonds is 4. The molecule has 0 spiro atoms. The number of likely N-dealkylation sites (tertiary alicyclic amines) is 1. The van der Waals surface area contributed by atoms with Crippen LogP contribution in [-0.4, -0.2) is 36.5 Å². The maximum Gasteiger partial charge on any atom is 0.241 e. The number of nitrogens with one attached hydrogen (secondary N) is 1. The van der Waals surface area contributed by atoms with Gasteiger partial charge < -0.3 is 16.0 Å². The SMILES string of the molecule is CCN1CCC(NC(=O)[C@@H](N)c2ccccc2)CC1. The average molecular weight is 261 g/mol. The van der Waals surface area contributed by atoms with Crippen LogP contribution in [0.3, 0.4) is 0 Å². The standard InChI is InChI=1S/C15H23N3O/c1-2-18-10-8-13(9-11-18)17-15(19)14(16)12-6-4-3-5-7-12/h3-7,13-14H,2,8-11,16H2,1H3,(H,17,19)/t14-/m0/s1. The molecule has 1 aromatic rings. The molecule has 1 amide bonds. The molecule has 19 heavy (non-hydrogen) atoms. The molecule has 1 aliphatic heterocycles. The largest absolute Gasteiger partial charge is 0.352 e. The zero-order chi connectivity index (χ0) is 13.7. The van der Waals surface area contributed by atoms with E-state index in [1.165, 1.54) is 0 Å². The van der Waals surface area contributed by atoms with Crippen LogP contribution in [0.5, 0.6) is 0 Å². The van der Waals surface area contributed by atoms with Crippen LogP contribution in [0.4, 0.5) is 0 Å². The first-order valence-corrected chi connectivity index (χ1v) is 7.04. The van der Waals surface area contributed by atoms with Crippen molar-refractivity contribution in [1.29, 1.82) is 0 Å². The number of carbonyl (C=O) groups is 1. The zero-order valence-corrected chi connectivity index (χ0v) is 11.5. The molecule has 0 unspecified atom stereocenters. The van der Waals surface area contributed by atoms with Crippen LogP contribution in [0.2, 0.25) is 0 Å². The van der Waals surface area contributed by atoms with Gasteiger partial charge in [-0.15, -0.1) is 0 Å². The van der Waals surface area contributed by atoms with Crippen LogP contribution in [0, 0.1) is 0 Å². The van der Waals surface area contributed by atoms with Crippen molar-refractivity contribution in [1.82, 2.24) is 10.2 Å². The van der Waals surface area contributed by atoms with Crippen molar-refractivity contribution in [2.45, 2.75) is 31.8 Å². The third-order valence-electron chi connectivity index (χ3n) is 3.82. The first kappa shape index (κ1) is 14.0. The molecular weight excluding hydrogens is 238 g/mol. The second-order valence-electron chi connectivity index (χ2n) is 5.11. The number of nitrogens with zero attached hydrogens (tertiary/aromatic N) is 1. The number of benzene rings is 1. The summed E-state index contributed by atoms with van der Waals surface area (Å²) in [5, 5.41) is 3.07. The van der Waals surface area contributed by atoms with Crippen molar-refractivity contribution >= 4 is 5.91 Å². The highest BCUT2D eigenvalue weighted by Crippen LogP contribution is 2.13. The molecule has 1 atom stereocenters. The average Bonchev–Trinajstić information content (AvgIpc) is 2.48. The Morgan fingerprint density at radius 1 is 1.37 bits per heavy atom. The van der Waals surface area contributed by atoms with E-state index in [9.17, 15) is 4.79 Å². The Morgan fingerprint density at radius 2 is 2.00 bits per heavy atom. The summed E-state index contributed by atoms with van der Waals surface area (Å²) in [7, 11) is 0. The van der Waals surface area contributed by atoms with E-state index in [2.05, 4.69) is 17.1 Å². The molecule has 104 valence electrons. The van der Waals surface area contributed by atoms with Gasteiger partial charge >= 0.3 is 0 Å². The molecule has 0 bridgehead atoms. The molecule has 3 N–H and O–H groups in total. The van der Waals surface area contributed by atoms with E-state index in [4.69, 9.17) is 5.73 Å². The molecule has 0 saturated carbocycles. The van der Waals surface area contributed by atoms with Crippen molar-refractivity contribution in [2.75, 3.05) is 19.6 Å². The van der Waals surface area contributed by atoms with Gasteiger partial charge in [0, 0.05) is 19.1 Å². The molecule has 1 heterocycles. The molecule has 1 saturated heterocycles. The first-order valence-electron chi connectivity index (χ1n) is 7.04. The van der Waals surface area contributed by atoms with Gasteiger partial charge in [-0.05, 0) is 24.9 Å². The van der Waals surface area contributed by atoms with E-state index in [1.807, 2.05) is 30.3 Å². The maximum absolute atomic E-state index is 12.1. The zero-order valence-electron chi connectivity index (χ0n) is 11.5. The van der Waals surface area contributed by atoms with E-state index in [0.29, 0.717) is 0 Å². The fourth-order valence-electron chi connectivity index (χ4n) is 2.50. The van der Waals surface area contributed by atoms with Gasteiger partial charge in [-0.3, -0.25) is 4.79 Å². The Bertz CT molecular complexity index is 399. The summed E-state index contributed by atoms with van der Waals surface area (Å²) in [5.74, 6) is -0.0684. The minimum atomic E-state index is -0.564. The lowest BCUT2D eigenvalue weighted by Crippen LogP contribution is -2.47. The molecule has 0 radical (unpaired) electrons. The van der Waals surface area contributed by atoms with Crippen molar-refractivity contribution in [3.05, 3.63) is 35.9 Å². The molecule has 2 rings (SSSR count).